The summed E-state index contributed by atoms with van der Waals surface area (Å²) in [5, 5.41) is 19.9. The van der Waals surface area contributed by atoms with Gasteiger partial charge in [0, 0.05) is 23.7 Å². The number of allylic oxidation sites excluding steroid dienone is 2. The summed E-state index contributed by atoms with van der Waals surface area (Å²) in [6.45, 7) is 2.10. The highest BCUT2D eigenvalue weighted by Crippen LogP contribution is 2.40. The SMILES string of the molecule is CCCC1=C(C#N)C(c2cccnc2)c2cn[nH]c2N1. The molecule has 1 unspecified atom stereocenters. The van der Waals surface area contributed by atoms with E-state index in [4.69, 9.17) is 0 Å². The first-order valence-corrected chi connectivity index (χ1v) is 6.68. The van der Waals surface area contributed by atoms with Crippen molar-refractivity contribution in [2.75, 3.05) is 5.32 Å². The zero-order valence-corrected chi connectivity index (χ0v) is 11.2. The highest BCUT2D eigenvalue weighted by atomic mass is 15.2. The van der Waals surface area contributed by atoms with E-state index in [0.29, 0.717) is 0 Å². The number of nitrogens with one attached hydrogen (secondary N) is 2. The molecule has 0 amide bonds. The summed E-state index contributed by atoms with van der Waals surface area (Å²) in [7, 11) is 0. The van der Waals surface area contributed by atoms with Crippen molar-refractivity contribution < 1.29 is 0 Å². The Kier molecular flexibility index (Phi) is 3.21. The van der Waals surface area contributed by atoms with E-state index in [1.807, 2.05) is 18.3 Å². The van der Waals surface area contributed by atoms with Gasteiger partial charge in [0.05, 0.1) is 23.8 Å². The third-order valence-corrected chi connectivity index (χ3v) is 3.51. The summed E-state index contributed by atoms with van der Waals surface area (Å²) in [6, 6.07) is 6.26. The first kappa shape index (κ1) is 12.4. The predicted octanol–water partition coefficient (Wildman–Crippen LogP) is 2.94. The molecule has 2 N–H and O–H groups in total. The molecule has 0 aliphatic carbocycles. The van der Waals surface area contributed by atoms with E-state index < -0.39 is 0 Å². The number of aromatic amines is 1. The smallest absolute Gasteiger partial charge is 0.129 e. The monoisotopic (exact) mass is 265 g/mol. The van der Waals surface area contributed by atoms with Gasteiger partial charge in [0.15, 0.2) is 0 Å². The van der Waals surface area contributed by atoms with Crippen LogP contribution in [0, 0.1) is 11.3 Å². The Morgan fingerprint density at radius 2 is 2.30 bits per heavy atom. The zero-order chi connectivity index (χ0) is 13.9. The molecule has 0 saturated carbocycles. The minimum absolute atomic E-state index is 0.0924. The third kappa shape index (κ3) is 1.95. The number of fused-ring (bicyclic) bond motifs is 1. The molecule has 0 radical (unpaired) electrons. The van der Waals surface area contributed by atoms with Crippen LogP contribution in [0.4, 0.5) is 5.82 Å². The number of anilines is 1. The van der Waals surface area contributed by atoms with Gasteiger partial charge in [-0.1, -0.05) is 19.4 Å². The van der Waals surface area contributed by atoms with Gasteiger partial charge >= 0.3 is 0 Å². The number of H-pyrrole nitrogens is 1. The van der Waals surface area contributed by atoms with Crippen molar-refractivity contribution in [3.63, 3.8) is 0 Å². The van der Waals surface area contributed by atoms with Gasteiger partial charge in [0.2, 0.25) is 0 Å². The molecular formula is C15H15N5. The topological polar surface area (TPSA) is 77.4 Å². The van der Waals surface area contributed by atoms with E-state index in [0.717, 1.165) is 41.1 Å². The Labute approximate surface area is 117 Å². The van der Waals surface area contributed by atoms with Gasteiger partial charge in [-0.05, 0) is 18.1 Å². The van der Waals surface area contributed by atoms with E-state index in [2.05, 4.69) is 33.5 Å². The quantitative estimate of drug-likeness (QED) is 0.894. The lowest BCUT2D eigenvalue weighted by Crippen LogP contribution is -2.17. The Bertz CT molecular complexity index is 678. The largest absolute Gasteiger partial charge is 0.343 e. The van der Waals surface area contributed by atoms with Crippen LogP contribution in [0.5, 0.6) is 0 Å². The zero-order valence-electron chi connectivity index (χ0n) is 11.2. The standard InChI is InChI=1S/C15H15N5/c1-2-4-13-11(7-16)14(10-5-3-6-17-8-10)12-9-18-20-15(12)19-13/h3,5-6,8-9,14H,2,4H2,1H3,(H2,18,19,20). The average molecular weight is 265 g/mol. The molecule has 100 valence electrons. The lowest BCUT2D eigenvalue weighted by Gasteiger charge is -2.26. The van der Waals surface area contributed by atoms with Crippen LogP contribution >= 0.6 is 0 Å². The van der Waals surface area contributed by atoms with Gasteiger partial charge in [-0.3, -0.25) is 10.1 Å². The molecule has 0 bridgehead atoms. The fourth-order valence-electron chi connectivity index (χ4n) is 2.63. The van der Waals surface area contributed by atoms with Crippen LogP contribution in [0.1, 0.15) is 36.8 Å². The second-order valence-electron chi connectivity index (χ2n) is 4.80. The maximum atomic E-state index is 9.58. The van der Waals surface area contributed by atoms with Crippen LogP contribution in [-0.2, 0) is 0 Å². The van der Waals surface area contributed by atoms with Crippen molar-refractivity contribution in [2.24, 2.45) is 0 Å². The van der Waals surface area contributed by atoms with E-state index in [1.54, 1.807) is 12.4 Å². The number of rotatable bonds is 3. The minimum atomic E-state index is -0.0924. The molecule has 5 heteroatoms. The maximum absolute atomic E-state index is 9.58. The second-order valence-corrected chi connectivity index (χ2v) is 4.80. The molecule has 3 heterocycles. The molecule has 5 nitrogen and oxygen atoms in total. The van der Waals surface area contributed by atoms with Gasteiger partial charge in [0.25, 0.3) is 0 Å². The number of hydrogen-bond donors (Lipinski definition) is 2. The summed E-state index contributed by atoms with van der Waals surface area (Å²) in [5.74, 6) is 0.784. The van der Waals surface area contributed by atoms with Gasteiger partial charge < -0.3 is 5.32 Å². The van der Waals surface area contributed by atoms with Crippen molar-refractivity contribution >= 4 is 5.82 Å². The summed E-state index contributed by atoms with van der Waals surface area (Å²) in [4.78, 5) is 4.17. The first-order valence-electron chi connectivity index (χ1n) is 6.68. The Balaban J connectivity index is 2.16. The van der Waals surface area contributed by atoms with E-state index in [9.17, 15) is 5.26 Å². The highest BCUT2D eigenvalue weighted by Gasteiger charge is 2.30. The van der Waals surface area contributed by atoms with Gasteiger partial charge in [-0.25, -0.2) is 0 Å². The molecule has 1 aliphatic heterocycles. The number of aromatic nitrogens is 3. The van der Waals surface area contributed by atoms with E-state index in [-0.39, 0.29) is 5.92 Å². The number of hydrogen-bond acceptors (Lipinski definition) is 4. The maximum Gasteiger partial charge on any atom is 0.129 e. The fraction of sp³-hybridized carbons (Fsp3) is 0.267. The van der Waals surface area contributed by atoms with E-state index >= 15 is 0 Å². The van der Waals surface area contributed by atoms with Crippen molar-refractivity contribution in [2.45, 2.75) is 25.7 Å². The lowest BCUT2D eigenvalue weighted by atomic mass is 9.83. The summed E-state index contributed by atoms with van der Waals surface area (Å²) in [6.07, 6.45) is 7.16. The van der Waals surface area contributed by atoms with Crippen LogP contribution in [0.25, 0.3) is 0 Å². The Hall–Kier alpha value is -2.61. The second kappa shape index (κ2) is 5.17. The molecule has 0 aromatic carbocycles. The summed E-state index contributed by atoms with van der Waals surface area (Å²) >= 11 is 0. The molecule has 2 aromatic heterocycles. The molecule has 3 rings (SSSR count). The Morgan fingerprint density at radius 3 is 3.00 bits per heavy atom. The van der Waals surface area contributed by atoms with E-state index in [1.165, 1.54) is 0 Å². The van der Waals surface area contributed by atoms with Crippen LogP contribution in [0.2, 0.25) is 0 Å². The van der Waals surface area contributed by atoms with Crippen LogP contribution < -0.4 is 5.32 Å². The highest BCUT2D eigenvalue weighted by molar-refractivity contribution is 5.64. The first-order chi connectivity index (χ1) is 9.85. The van der Waals surface area contributed by atoms with Crippen LogP contribution in [-0.4, -0.2) is 15.2 Å². The van der Waals surface area contributed by atoms with Gasteiger partial charge in [0.1, 0.15) is 5.82 Å². The molecule has 1 atom stereocenters. The minimum Gasteiger partial charge on any atom is -0.343 e. The molecule has 0 fully saturated rings. The van der Waals surface area contributed by atoms with Crippen LogP contribution in [0.3, 0.4) is 0 Å². The van der Waals surface area contributed by atoms with Gasteiger partial charge in [-0.2, -0.15) is 10.4 Å². The summed E-state index contributed by atoms with van der Waals surface area (Å²) < 4.78 is 0. The third-order valence-electron chi connectivity index (χ3n) is 3.51. The number of nitriles is 1. The van der Waals surface area contributed by atoms with Gasteiger partial charge in [-0.15, -0.1) is 0 Å². The number of pyridine rings is 1. The number of nitrogens with zero attached hydrogens (tertiary/aromatic N) is 3. The van der Waals surface area contributed by atoms with Crippen molar-refractivity contribution in [1.29, 1.82) is 5.26 Å². The van der Waals surface area contributed by atoms with Crippen molar-refractivity contribution in [3.05, 3.63) is 53.1 Å². The normalized spacial score (nSPS) is 17.3. The average Bonchev–Trinajstić information content (AvgIpc) is 2.95. The Morgan fingerprint density at radius 1 is 1.40 bits per heavy atom. The lowest BCUT2D eigenvalue weighted by molar-refractivity contribution is 0.846. The summed E-state index contributed by atoms with van der Waals surface area (Å²) in [5.41, 5.74) is 3.74. The van der Waals surface area contributed by atoms with Crippen molar-refractivity contribution in [1.82, 2.24) is 15.2 Å². The van der Waals surface area contributed by atoms with Crippen LogP contribution in [0.15, 0.2) is 42.0 Å². The molecule has 20 heavy (non-hydrogen) atoms. The molecule has 2 aromatic rings. The molecule has 0 saturated heterocycles. The fourth-order valence-corrected chi connectivity index (χ4v) is 2.63. The molecule has 0 spiro atoms. The predicted molar refractivity (Wildman–Crippen MR) is 75.8 cm³/mol. The molecular weight excluding hydrogens is 250 g/mol. The van der Waals surface area contributed by atoms with Crippen molar-refractivity contribution in [3.8, 4) is 6.07 Å². The molecule has 1 aliphatic rings.